The summed E-state index contributed by atoms with van der Waals surface area (Å²) < 4.78 is 0. The largest absolute Gasteiger partial charge is 0.363 e. The summed E-state index contributed by atoms with van der Waals surface area (Å²) in [6.07, 6.45) is 2.53. The predicted molar refractivity (Wildman–Crippen MR) is 152 cm³/mol. The van der Waals surface area contributed by atoms with Crippen LogP contribution in [-0.2, 0) is 11.3 Å². The Hall–Kier alpha value is -3.94. The lowest BCUT2D eigenvalue weighted by molar-refractivity contribution is -0.121. The van der Waals surface area contributed by atoms with Crippen molar-refractivity contribution in [2.45, 2.75) is 60.4 Å². The van der Waals surface area contributed by atoms with Gasteiger partial charge in [0.2, 0.25) is 5.91 Å². The number of rotatable bonds is 8. The quantitative estimate of drug-likeness (QED) is 0.400. The molecule has 1 aromatic carbocycles. The van der Waals surface area contributed by atoms with Crippen molar-refractivity contribution in [2.75, 3.05) is 24.3 Å². The molecule has 2 heterocycles. The Morgan fingerprint density at radius 2 is 1.79 bits per heavy atom. The average molecular weight is 516 g/mol. The van der Waals surface area contributed by atoms with Crippen LogP contribution in [0.1, 0.15) is 64.6 Å². The van der Waals surface area contributed by atoms with E-state index in [0.29, 0.717) is 22.4 Å². The summed E-state index contributed by atoms with van der Waals surface area (Å²) in [5.41, 5.74) is 5.79. The number of aryl methyl sites for hydroxylation is 3. The van der Waals surface area contributed by atoms with Crippen molar-refractivity contribution in [1.29, 1.82) is 0 Å². The summed E-state index contributed by atoms with van der Waals surface area (Å²) >= 11 is 0. The predicted octanol–water partition coefficient (Wildman–Crippen LogP) is 4.80. The SMILES string of the molecule is CCC1(C(=O)Nc2cc(-c3ccc(N(C)C)nc3C)cc(C(=O)NCc3c(C)cc(C)[nH]c3=O)c2C)CC1. The molecule has 0 radical (unpaired) electrons. The van der Waals surface area contributed by atoms with Crippen LogP contribution in [0.2, 0.25) is 0 Å². The number of pyridine rings is 2. The second kappa shape index (κ2) is 10.4. The molecule has 1 saturated carbocycles. The molecule has 3 N–H and O–H groups in total. The van der Waals surface area contributed by atoms with E-state index in [-0.39, 0.29) is 29.3 Å². The zero-order valence-electron chi connectivity index (χ0n) is 23.3. The standard InChI is InChI=1S/C30H37N5O3/c1-8-30(11-12-30)29(38)34-25-15-21(22-9-10-26(35(6)7)33-20(22)5)14-23(19(25)4)27(36)31-16-24-17(2)13-18(3)32-28(24)37/h9-10,13-15H,8,11-12,16H2,1-7H3,(H,31,36)(H,32,37)(H,34,38). The first kappa shape index (κ1) is 27.1. The van der Waals surface area contributed by atoms with Gasteiger partial charge in [-0.2, -0.15) is 0 Å². The van der Waals surface area contributed by atoms with E-state index in [2.05, 4.69) is 15.6 Å². The van der Waals surface area contributed by atoms with Crippen LogP contribution in [0.15, 0.2) is 35.1 Å². The number of benzene rings is 1. The molecule has 0 bridgehead atoms. The minimum absolute atomic E-state index is 0.00813. The lowest BCUT2D eigenvalue weighted by atomic mass is 9.95. The van der Waals surface area contributed by atoms with Crippen LogP contribution in [0.5, 0.6) is 0 Å². The first-order valence-electron chi connectivity index (χ1n) is 13.0. The van der Waals surface area contributed by atoms with Gasteiger partial charge in [-0.15, -0.1) is 0 Å². The molecular formula is C30H37N5O3. The van der Waals surface area contributed by atoms with Crippen LogP contribution in [0.3, 0.4) is 0 Å². The number of nitrogens with zero attached hydrogens (tertiary/aromatic N) is 2. The van der Waals surface area contributed by atoms with Gasteiger partial charge in [0.1, 0.15) is 5.82 Å². The fourth-order valence-electron chi connectivity index (χ4n) is 4.85. The average Bonchev–Trinajstić information content (AvgIpc) is 3.66. The van der Waals surface area contributed by atoms with Crippen LogP contribution in [0.4, 0.5) is 11.5 Å². The number of carbonyl (C=O) groups excluding carboxylic acids is 2. The number of amides is 2. The molecule has 8 nitrogen and oxygen atoms in total. The van der Waals surface area contributed by atoms with Gasteiger partial charge >= 0.3 is 0 Å². The Labute approximate surface area is 223 Å². The first-order chi connectivity index (χ1) is 18.0. The van der Waals surface area contributed by atoms with E-state index in [1.807, 2.05) is 83.9 Å². The van der Waals surface area contributed by atoms with E-state index < -0.39 is 0 Å². The van der Waals surface area contributed by atoms with Crippen molar-refractivity contribution in [2.24, 2.45) is 5.41 Å². The summed E-state index contributed by atoms with van der Waals surface area (Å²) in [6.45, 7) is 9.59. The third-order valence-corrected chi connectivity index (χ3v) is 7.67. The second-order valence-electron chi connectivity index (χ2n) is 10.6. The van der Waals surface area contributed by atoms with E-state index in [1.165, 1.54) is 0 Å². The van der Waals surface area contributed by atoms with Crippen LogP contribution in [0.25, 0.3) is 11.1 Å². The summed E-state index contributed by atoms with van der Waals surface area (Å²) in [5, 5.41) is 6.03. The van der Waals surface area contributed by atoms with Gasteiger partial charge in [-0.05, 0) is 94.0 Å². The highest BCUT2D eigenvalue weighted by Crippen LogP contribution is 2.49. The Bertz CT molecular complexity index is 1470. The Kier molecular flexibility index (Phi) is 7.44. The van der Waals surface area contributed by atoms with Gasteiger partial charge in [0.05, 0.1) is 0 Å². The molecule has 0 unspecified atom stereocenters. The maximum Gasteiger partial charge on any atom is 0.253 e. The molecule has 2 amide bonds. The molecule has 0 saturated heterocycles. The highest BCUT2D eigenvalue weighted by Gasteiger charge is 2.48. The smallest absolute Gasteiger partial charge is 0.253 e. The van der Waals surface area contributed by atoms with Gasteiger partial charge in [-0.1, -0.05) is 6.92 Å². The molecule has 0 aliphatic heterocycles. The van der Waals surface area contributed by atoms with Gasteiger partial charge in [0, 0.05) is 59.8 Å². The summed E-state index contributed by atoms with van der Waals surface area (Å²) in [7, 11) is 3.87. The van der Waals surface area contributed by atoms with Gasteiger partial charge in [0.25, 0.3) is 11.5 Å². The second-order valence-corrected chi connectivity index (χ2v) is 10.6. The van der Waals surface area contributed by atoms with E-state index in [4.69, 9.17) is 4.98 Å². The Morgan fingerprint density at radius 1 is 1.08 bits per heavy atom. The molecule has 200 valence electrons. The van der Waals surface area contributed by atoms with E-state index >= 15 is 0 Å². The first-order valence-corrected chi connectivity index (χ1v) is 13.0. The minimum Gasteiger partial charge on any atom is -0.363 e. The number of carbonyl (C=O) groups is 2. The number of H-pyrrole nitrogens is 1. The fraction of sp³-hybridized carbons (Fsp3) is 0.400. The third kappa shape index (κ3) is 5.35. The van der Waals surface area contributed by atoms with Gasteiger partial charge in [0.15, 0.2) is 0 Å². The van der Waals surface area contributed by atoms with Crippen LogP contribution in [0, 0.1) is 33.1 Å². The zero-order chi connectivity index (χ0) is 27.8. The van der Waals surface area contributed by atoms with Crippen LogP contribution < -0.4 is 21.1 Å². The number of anilines is 2. The van der Waals surface area contributed by atoms with E-state index in [9.17, 15) is 14.4 Å². The number of aromatic amines is 1. The molecule has 1 fully saturated rings. The lowest BCUT2D eigenvalue weighted by Crippen LogP contribution is -2.29. The number of hydrogen-bond donors (Lipinski definition) is 3. The van der Waals surface area contributed by atoms with Crippen molar-refractivity contribution < 1.29 is 9.59 Å². The van der Waals surface area contributed by atoms with Crippen molar-refractivity contribution in [3.05, 3.63) is 74.3 Å². The molecule has 0 atom stereocenters. The Morgan fingerprint density at radius 3 is 2.37 bits per heavy atom. The van der Waals surface area contributed by atoms with Crippen molar-refractivity contribution in [3.8, 4) is 11.1 Å². The van der Waals surface area contributed by atoms with Crippen molar-refractivity contribution in [1.82, 2.24) is 15.3 Å². The van der Waals surface area contributed by atoms with Crippen molar-refractivity contribution in [3.63, 3.8) is 0 Å². The highest BCUT2D eigenvalue weighted by molar-refractivity contribution is 6.03. The summed E-state index contributed by atoms with van der Waals surface area (Å²) in [5.74, 6) is 0.514. The third-order valence-electron chi connectivity index (χ3n) is 7.67. The van der Waals surface area contributed by atoms with E-state index in [1.54, 1.807) is 0 Å². The van der Waals surface area contributed by atoms with Crippen molar-refractivity contribution >= 4 is 23.3 Å². The minimum atomic E-state index is -0.320. The molecule has 8 heteroatoms. The summed E-state index contributed by atoms with van der Waals surface area (Å²) in [4.78, 5) is 48.5. The molecule has 0 spiro atoms. The zero-order valence-corrected chi connectivity index (χ0v) is 23.3. The number of hydrogen-bond acceptors (Lipinski definition) is 5. The molecule has 4 rings (SSSR count). The van der Waals surface area contributed by atoms with Gasteiger partial charge < -0.3 is 20.5 Å². The molecule has 1 aliphatic rings. The van der Waals surface area contributed by atoms with Gasteiger partial charge in [-0.25, -0.2) is 4.98 Å². The van der Waals surface area contributed by atoms with Crippen LogP contribution in [-0.4, -0.2) is 35.9 Å². The van der Waals surface area contributed by atoms with E-state index in [0.717, 1.165) is 53.2 Å². The normalized spacial score (nSPS) is 13.7. The molecule has 38 heavy (non-hydrogen) atoms. The number of aromatic nitrogens is 2. The fourth-order valence-corrected chi connectivity index (χ4v) is 4.85. The Balaban J connectivity index is 1.73. The maximum absolute atomic E-state index is 13.5. The monoisotopic (exact) mass is 515 g/mol. The molecule has 1 aliphatic carbocycles. The molecule has 3 aromatic rings. The summed E-state index contributed by atoms with van der Waals surface area (Å²) in [6, 6.07) is 9.56. The molecular weight excluding hydrogens is 478 g/mol. The van der Waals surface area contributed by atoms with Crippen LogP contribution >= 0.6 is 0 Å². The highest BCUT2D eigenvalue weighted by atomic mass is 16.2. The van der Waals surface area contributed by atoms with Gasteiger partial charge in [-0.3, -0.25) is 14.4 Å². The number of nitrogens with one attached hydrogen (secondary N) is 3. The lowest BCUT2D eigenvalue weighted by Gasteiger charge is -2.19. The maximum atomic E-state index is 13.5. The molecule has 2 aromatic heterocycles. The topological polar surface area (TPSA) is 107 Å².